The van der Waals surface area contributed by atoms with Crippen LogP contribution in [-0.4, -0.2) is 48.0 Å². The number of hydrogen-bond donors (Lipinski definition) is 4. The summed E-state index contributed by atoms with van der Waals surface area (Å²) >= 11 is 5.97. The molecule has 33 heavy (non-hydrogen) atoms. The quantitative estimate of drug-likeness (QED) is 0.280. The molecule has 0 saturated heterocycles. The molecule has 1 amide bonds. The van der Waals surface area contributed by atoms with Crippen molar-refractivity contribution in [2.24, 2.45) is 0 Å². The lowest BCUT2D eigenvalue weighted by atomic mass is 10.1. The van der Waals surface area contributed by atoms with E-state index in [0.717, 1.165) is 7.11 Å². The van der Waals surface area contributed by atoms with Crippen LogP contribution in [0.25, 0.3) is 0 Å². The lowest BCUT2D eigenvalue weighted by Gasteiger charge is -2.22. The molecule has 8 nitrogen and oxygen atoms in total. The first-order valence-corrected chi connectivity index (χ1v) is 10.4. The number of amides is 1. The highest BCUT2D eigenvalue weighted by Gasteiger charge is 2.21. The van der Waals surface area contributed by atoms with Crippen molar-refractivity contribution in [3.05, 3.63) is 70.2 Å². The molecule has 180 valence electrons. The van der Waals surface area contributed by atoms with Gasteiger partial charge in [-0.25, -0.2) is 4.79 Å². The number of nitrogens with one attached hydrogen (secondary N) is 3. The molecule has 0 saturated carbocycles. The van der Waals surface area contributed by atoms with Crippen LogP contribution in [0.15, 0.2) is 48.5 Å². The van der Waals surface area contributed by atoms with Crippen LogP contribution in [-0.2, 0) is 9.47 Å². The fourth-order valence-corrected chi connectivity index (χ4v) is 2.33. The molecule has 4 N–H and O–H groups in total. The van der Waals surface area contributed by atoms with E-state index < -0.39 is 23.6 Å². The molecule has 2 aromatic carbocycles. The van der Waals surface area contributed by atoms with Crippen LogP contribution in [0.3, 0.4) is 0 Å². The molecule has 2 aromatic rings. The molecule has 2 rings (SSSR count). The minimum Gasteiger partial charge on any atom is -0.444 e. The van der Waals surface area contributed by atoms with E-state index in [1.54, 1.807) is 20.8 Å². The van der Waals surface area contributed by atoms with Gasteiger partial charge in [0.05, 0.1) is 10.6 Å². The predicted molar refractivity (Wildman–Crippen MR) is 131 cm³/mol. The number of carbonyl (C=O) groups is 2. The number of rotatable bonds is 4. The third-order valence-electron chi connectivity index (χ3n) is 3.65. The molecule has 0 aliphatic carbocycles. The second-order valence-corrected chi connectivity index (χ2v) is 8.08. The number of aldehydes is 1. The van der Waals surface area contributed by atoms with Crippen molar-refractivity contribution >= 4 is 35.8 Å². The average molecular weight is 478 g/mol. The Labute approximate surface area is 199 Å². The normalized spacial score (nSPS) is 10.8. The van der Waals surface area contributed by atoms with Gasteiger partial charge in [-0.2, -0.15) is 0 Å². The maximum absolute atomic E-state index is 11.7. The summed E-state index contributed by atoms with van der Waals surface area (Å²) in [5.41, 5.74) is 1.16. The Kier molecular flexibility index (Phi) is 13.3. The minimum absolute atomic E-state index is 0.176. The standard InChI is InChI=1S/C16H20ClN3O4.C7H8.CH4O/c1-9(20-15(22)24-16(2,3)4)13(18)23-14(19)11-7-10(8-21)5-6-12(11)17;1-7-5-3-2-4-6-7;1-2/h5-9,18-19H,1-4H3,(H,20,22);2-6H,1H3;2H,1H3. The van der Waals surface area contributed by atoms with Crippen LogP contribution in [0.5, 0.6) is 0 Å². The van der Waals surface area contributed by atoms with Crippen molar-refractivity contribution in [3.63, 3.8) is 0 Å². The number of halogens is 1. The zero-order valence-electron chi connectivity index (χ0n) is 19.7. The summed E-state index contributed by atoms with van der Waals surface area (Å²) in [7, 11) is 1.00. The van der Waals surface area contributed by atoms with Crippen molar-refractivity contribution in [2.75, 3.05) is 7.11 Å². The van der Waals surface area contributed by atoms with Crippen LogP contribution in [0.1, 0.15) is 49.2 Å². The van der Waals surface area contributed by atoms with E-state index in [1.165, 1.54) is 30.7 Å². The lowest BCUT2D eigenvalue weighted by molar-refractivity contribution is 0.0517. The Hall–Kier alpha value is -3.23. The maximum Gasteiger partial charge on any atom is 0.408 e. The summed E-state index contributed by atoms with van der Waals surface area (Å²) in [6.07, 6.45) is -0.0821. The van der Waals surface area contributed by atoms with Crippen molar-refractivity contribution in [1.82, 2.24) is 5.32 Å². The molecule has 9 heteroatoms. The molecule has 0 spiro atoms. The molecule has 0 bridgehead atoms. The lowest BCUT2D eigenvalue weighted by Crippen LogP contribution is -2.42. The molecule has 0 aromatic heterocycles. The van der Waals surface area contributed by atoms with Gasteiger partial charge in [-0.1, -0.05) is 53.6 Å². The largest absolute Gasteiger partial charge is 0.444 e. The molecular formula is C24H32ClN3O5. The molecule has 0 heterocycles. The molecule has 1 atom stereocenters. The first-order chi connectivity index (χ1) is 15.4. The number of alkyl carbamates (subject to hydrolysis) is 1. The molecule has 1 unspecified atom stereocenters. The highest BCUT2D eigenvalue weighted by atomic mass is 35.5. The summed E-state index contributed by atoms with van der Waals surface area (Å²) in [6.45, 7) is 8.76. The zero-order chi connectivity index (χ0) is 25.6. The van der Waals surface area contributed by atoms with Crippen molar-refractivity contribution in [3.8, 4) is 0 Å². The van der Waals surface area contributed by atoms with Gasteiger partial charge in [-0.15, -0.1) is 0 Å². The number of ether oxygens (including phenoxy) is 2. The fraction of sp³-hybridized carbons (Fsp3) is 0.333. The number of hydrogen-bond acceptors (Lipinski definition) is 7. The van der Waals surface area contributed by atoms with Crippen molar-refractivity contribution in [2.45, 2.75) is 46.3 Å². The van der Waals surface area contributed by atoms with Gasteiger partial charge in [-0.05, 0) is 46.8 Å². The van der Waals surface area contributed by atoms with Crippen LogP contribution in [0.2, 0.25) is 5.02 Å². The maximum atomic E-state index is 11.7. The number of aliphatic hydroxyl groups excluding tert-OH is 1. The monoisotopic (exact) mass is 477 g/mol. The molecule has 0 radical (unpaired) electrons. The average Bonchev–Trinajstić information content (AvgIpc) is 2.75. The smallest absolute Gasteiger partial charge is 0.408 e. The van der Waals surface area contributed by atoms with Crippen LogP contribution < -0.4 is 5.32 Å². The van der Waals surface area contributed by atoms with Crippen LogP contribution in [0, 0.1) is 17.7 Å². The molecule has 0 aliphatic rings. The zero-order valence-corrected chi connectivity index (χ0v) is 20.5. The topological polar surface area (TPSA) is 133 Å². The number of benzene rings is 2. The van der Waals surface area contributed by atoms with E-state index in [0.29, 0.717) is 11.8 Å². The molecule has 0 aliphatic heterocycles. The molecule has 0 fully saturated rings. The van der Waals surface area contributed by atoms with E-state index >= 15 is 0 Å². The Morgan fingerprint density at radius 1 is 1.12 bits per heavy atom. The first-order valence-electron chi connectivity index (χ1n) is 9.98. The predicted octanol–water partition coefficient (Wildman–Crippen LogP) is 4.99. The summed E-state index contributed by atoms with van der Waals surface area (Å²) in [5.74, 6) is -0.759. The van der Waals surface area contributed by atoms with E-state index in [-0.39, 0.29) is 16.5 Å². The van der Waals surface area contributed by atoms with Crippen LogP contribution in [0.4, 0.5) is 4.79 Å². The Morgan fingerprint density at radius 3 is 2.15 bits per heavy atom. The Bertz CT molecular complexity index is 927. The summed E-state index contributed by atoms with van der Waals surface area (Å²) in [6, 6.07) is 13.8. The Balaban J connectivity index is 0.000000950. The highest BCUT2D eigenvalue weighted by molar-refractivity contribution is 6.34. The van der Waals surface area contributed by atoms with Gasteiger partial charge < -0.3 is 19.9 Å². The number of aliphatic hydroxyl groups is 1. The van der Waals surface area contributed by atoms with Gasteiger partial charge >= 0.3 is 6.09 Å². The first kappa shape index (κ1) is 29.8. The molecular weight excluding hydrogens is 446 g/mol. The summed E-state index contributed by atoms with van der Waals surface area (Å²) in [4.78, 5) is 22.5. The third kappa shape index (κ3) is 12.4. The second kappa shape index (κ2) is 14.8. The SMILES string of the molecule is CC(NC(=O)OC(C)(C)C)C(=N)OC(=N)c1cc(C=O)ccc1Cl.CO.Cc1ccccc1. The third-order valence-corrected chi connectivity index (χ3v) is 3.98. The van der Waals surface area contributed by atoms with Gasteiger partial charge in [0.2, 0.25) is 11.8 Å². The number of aryl methyl sites for hydroxylation is 1. The van der Waals surface area contributed by atoms with E-state index in [1.807, 2.05) is 18.2 Å². The van der Waals surface area contributed by atoms with Gasteiger partial charge in [0.1, 0.15) is 17.9 Å². The fourth-order valence-electron chi connectivity index (χ4n) is 2.13. The summed E-state index contributed by atoms with van der Waals surface area (Å²) < 4.78 is 10.2. The van der Waals surface area contributed by atoms with Crippen LogP contribution >= 0.6 is 11.6 Å². The highest BCUT2D eigenvalue weighted by Crippen LogP contribution is 2.18. The Morgan fingerprint density at radius 2 is 1.70 bits per heavy atom. The van der Waals surface area contributed by atoms with Gasteiger partial charge in [0.15, 0.2) is 0 Å². The van der Waals surface area contributed by atoms with Crippen molar-refractivity contribution in [1.29, 1.82) is 10.8 Å². The second-order valence-electron chi connectivity index (χ2n) is 7.68. The van der Waals surface area contributed by atoms with Crippen molar-refractivity contribution < 1.29 is 24.2 Å². The van der Waals surface area contributed by atoms with Gasteiger partial charge in [-0.3, -0.25) is 15.6 Å². The van der Waals surface area contributed by atoms with E-state index in [9.17, 15) is 9.59 Å². The summed E-state index contributed by atoms with van der Waals surface area (Å²) in [5, 5.41) is 25.4. The van der Waals surface area contributed by atoms with Gasteiger partial charge in [0.25, 0.3) is 0 Å². The van der Waals surface area contributed by atoms with E-state index in [2.05, 4.69) is 24.4 Å². The number of carbonyl (C=O) groups excluding carboxylic acids is 2. The minimum atomic E-state index is -0.812. The van der Waals surface area contributed by atoms with E-state index in [4.69, 9.17) is 37.0 Å². The van der Waals surface area contributed by atoms with Gasteiger partial charge in [0, 0.05) is 12.7 Å².